The average Bonchev–Trinajstić information content (AvgIpc) is 3.26. The Morgan fingerprint density at radius 2 is 1.94 bits per heavy atom. The summed E-state index contributed by atoms with van der Waals surface area (Å²) >= 11 is 6.42. The van der Waals surface area contributed by atoms with Crippen LogP contribution >= 0.6 is 11.6 Å². The van der Waals surface area contributed by atoms with Crippen LogP contribution in [-0.4, -0.2) is 46.3 Å². The zero-order chi connectivity index (χ0) is 24.8. The molecule has 3 aromatic rings. The van der Waals surface area contributed by atoms with Crippen LogP contribution in [0.4, 0.5) is 0 Å². The van der Waals surface area contributed by atoms with Crippen LogP contribution in [-0.2, 0) is 27.4 Å². The summed E-state index contributed by atoms with van der Waals surface area (Å²) in [5.74, 6) is 0.270. The molecule has 7 nitrogen and oxygen atoms in total. The van der Waals surface area contributed by atoms with E-state index in [9.17, 15) is 9.90 Å². The third-order valence-electron chi connectivity index (χ3n) is 6.16. The molecule has 1 saturated heterocycles. The molecule has 186 valence electrons. The van der Waals surface area contributed by atoms with Crippen molar-refractivity contribution < 1.29 is 24.1 Å². The molecular formula is C27H31ClN2O5. The van der Waals surface area contributed by atoms with E-state index in [1.807, 2.05) is 59.3 Å². The monoisotopic (exact) mass is 498 g/mol. The molecule has 0 atom stereocenters. The summed E-state index contributed by atoms with van der Waals surface area (Å²) in [7, 11) is 0. The SMILES string of the molecule is CC(C)(OCc1cc(-c2cccc(OCC3CCOCC3)c2)n(Cc2ccccc2Cl)n1)C(=O)O. The predicted molar refractivity (Wildman–Crippen MR) is 134 cm³/mol. The minimum Gasteiger partial charge on any atom is -0.493 e. The molecule has 0 aliphatic carbocycles. The number of rotatable bonds is 10. The second-order valence-electron chi connectivity index (χ2n) is 9.27. The molecular weight excluding hydrogens is 468 g/mol. The lowest BCUT2D eigenvalue weighted by atomic mass is 10.0. The van der Waals surface area contributed by atoms with E-state index in [4.69, 9.17) is 30.9 Å². The number of carboxylic acids is 1. The van der Waals surface area contributed by atoms with Gasteiger partial charge in [-0.3, -0.25) is 4.68 Å². The maximum absolute atomic E-state index is 11.4. The van der Waals surface area contributed by atoms with Gasteiger partial charge in [-0.25, -0.2) is 4.79 Å². The highest BCUT2D eigenvalue weighted by molar-refractivity contribution is 6.31. The maximum Gasteiger partial charge on any atom is 0.335 e. The molecule has 2 aromatic carbocycles. The first-order chi connectivity index (χ1) is 16.8. The number of ether oxygens (including phenoxy) is 3. The number of aromatic nitrogens is 2. The third-order valence-corrected chi connectivity index (χ3v) is 6.53. The minimum absolute atomic E-state index is 0.0712. The molecule has 1 aliphatic rings. The van der Waals surface area contributed by atoms with Gasteiger partial charge in [0.15, 0.2) is 5.60 Å². The zero-order valence-electron chi connectivity index (χ0n) is 20.1. The van der Waals surface area contributed by atoms with Gasteiger partial charge in [0.25, 0.3) is 0 Å². The Labute approximate surface area is 210 Å². The molecule has 0 radical (unpaired) electrons. The molecule has 0 amide bonds. The van der Waals surface area contributed by atoms with E-state index in [0.717, 1.165) is 48.6 Å². The Hall–Kier alpha value is -2.87. The number of hydrogen-bond donors (Lipinski definition) is 1. The minimum atomic E-state index is -1.31. The van der Waals surface area contributed by atoms with Gasteiger partial charge >= 0.3 is 5.97 Å². The van der Waals surface area contributed by atoms with Crippen molar-refractivity contribution in [3.63, 3.8) is 0 Å². The molecule has 4 rings (SSSR count). The topological polar surface area (TPSA) is 82.8 Å². The van der Waals surface area contributed by atoms with E-state index in [2.05, 4.69) is 0 Å². The van der Waals surface area contributed by atoms with Gasteiger partial charge in [0, 0.05) is 23.8 Å². The van der Waals surface area contributed by atoms with Crippen molar-refractivity contribution in [3.05, 3.63) is 70.9 Å². The van der Waals surface area contributed by atoms with Crippen molar-refractivity contribution in [2.45, 2.75) is 45.4 Å². The van der Waals surface area contributed by atoms with Crippen molar-refractivity contribution in [1.29, 1.82) is 0 Å². The van der Waals surface area contributed by atoms with Crippen LogP contribution in [0.15, 0.2) is 54.6 Å². The van der Waals surface area contributed by atoms with Crippen LogP contribution in [0, 0.1) is 5.92 Å². The maximum atomic E-state index is 11.4. The van der Waals surface area contributed by atoms with Crippen LogP contribution in [0.2, 0.25) is 5.02 Å². The van der Waals surface area contributed by atoms with Gasteiger partial charge in [-0.2, -0.15) is 5.10 Å². The van der Waals surface area contributed by atoms with Crippen LogP contribution in [0.5, 0.6) is 5.75 Å². The first-order valence-corrected chi connectivity index (χ1v) is 12.2. The second-order valence-corrected chi connectivity index (χ2v) is 9.68. The standard InChI is InChI=1S/C27H31ClN2O5/c1-27(2,26(31)32)35-18-22-15-25(30(29-22)16-21-6-3-4-9-24(21)28)20-7-5-8-23(14-20)34-17-19-10-12-33-13-11-19/h3-9,14-15,19H,10-13,16-18H2,1-2H3,(H,31,32). The summed E-state index contributed by atoms with van der Waals surface area (Å²) in [6.45, 7) is 5.82. The van der Waals surface area contributed by atoms with Gasteiger partial charge in [0.2, 0.25) is 0 Å². The fourth-order valence-corrected chi connectivity index (χ4v) is 4.07. The van der Waals surface area contributed by atoms with Crippen molar-refractivity contribution in [2.75, 3.05) is 19.8 Å². The molecule has 1 N–H and O–H groups in total. The Morgan fingerprint density at radius 3 is 2.69 bits per heavy atom. The van der Waals surface area contributed by atoms with Gasteiger partial charge < -0.3 is 19.3 Å². The lowest BCUT2D eigenvalue weighted by Gasteiger charge is -2.22. The molecule has 0 spiro atoms. The first-order valence-electron chi connectivity index (χ1n) is 11.8. The highest BCUT2D eigenvalue weighted by Crippen LogP contribution is 2.28. The quantitative estimate of drug-likeness (QED) is 0.401. The van der Waals surface area contributed by atoms with Crippen LogP contribution in [0.1, 0.15) is 37.9 Å². The Bertz CT molecular complexity index is 1150. The average molecular weight is 499 g/mol. The van der Waals surface area contributed by atoms with Gasteiger partial charge in [-0.1, -0.05) is 41.9 Å². The number of halogens is 1. The van der Waals surface area contributed by atoms with Gasteiger partial charge in [0.05, 0.1) is 31.1 Å². The molecule has 0 saturated carbocycles. The molecule has 1 aromatic heterocycles. The summed E-state index contributed by atoms with van der Waals surface area (Å²) < 4.78 is 19.1. The number of nitrogens with zero attached hydrogens (tertiary/aromatic N) is 2. The molecule has 2 heterocycles. The summed E-state index contributed by atoms with van der Waals surface area (Å²) in [6.07, 6.45) is 2.03. The van der Waals surface area contributed by atoms with E-state index < -0.39 is 11.6 Å². The highest BCUT2D eigenvalue weighted by atomic mass is 35.5. The Morgan fingerprint density at radius 1 is 1.17 bits per heavy atom. The van der Waals surface area contributed by atoms with Crippen molar-refractivity contribution in [2.24, 2.45) is 5.92 Å². The van der Waals surface area contributed by atoms with Crippen molar-refractivity contribution >= 4 is 17.6 Å². The van der Waals surface area contributed by atoms with E-state index in [1.165, 1.54) is 13.8 Å². The van der Waals surface area contributed by atoms with Gasteiger partial charge in [0.1, 0.15) is 5.75 Å². The largest absolute Gasteiger partial charge is 0.493 e. The molecule has 0 bridgehead atoms. The van der Waals surface area contributed by atoms with E-state index in [-0.39, 0.29) is 6.61 Å². The molecule has 35 heavy (non-hydrogen) atoms. The number of carboxylic acid groups (broad SMARTS) is 1. The predicted octanol–water partition coefficient (Wildman–Crippen LogP) is 5.44. The number of aliphatic carboxylic acids is 1. The van der Waals surface area contributed by atoms with Crippen molar-refractivity contribution in [3.8, 4) is 17.0 Å². The molecule has 1 fully saturated rings. The smallest absolute Gasteiger partial charge is 0.335 e. The zero-order valence-corrected chi connectivity index (χ0v) is 20.8. The van der Waals surface area contributed by atoms with Crippen molar-refractivity contribution in [1.82, 2.24) is 9.78 Å². The lowest BCUT2D eigenvalue weighted by molar-refractivity contribution is -0.162. The van der Waals surface area contributed by atoms with Crippen LogP contribution in [0.3, 0.4) is 0 Å². The van der Waals surface area contributed by atoms with E-state index >= 15 is 0 Å². The second kappa shape index (κ2) is 11.2. The fourth-order valence-electron chi connectivity index (χ4n) is 3.87. The van der Waals surface area contributed by atoms with Crippen LogP contribution < -0.4 is 4.74 Å². The van der Waals surface area contributed by atoms with E-state index in [1.54, 1.807) is 0 Å². The Balaban J connectivity index is 1.58. The number of hydrogen-bond acceptors (Lipinski definition) is 5. The summed E-state index contributed by atoms with van der Waals surface area (Å²) in [4.78, 5) is 11.4. The van der Waals surface area contributed by atoms with E-state index in [0.29, 0.717) is 29.8 Å². The number of benzene rings is 2. The lowest BCUT2D eigenvalue weighted by Crippen LogP contribution is -2.34. The first kappa shape index (κ1) is 25.2. The van der Waals surface area contributed by atoms with Gasteiger partial charge in [-0.15, -0.1) is 0 Å². The Kier molecular flexibility index (Phi) is 8.11. The normalized spacial score (nSPS) is 14.7. The number of carbonyl (C=O) groups is 1. The van der Waals surface area contributed by atoms with Gasteiger partial charge in [-0.05, 0) is 62.4 Å². The third kappa shape index (κ3) is 6.63. The molecule has 8 heteroatoms. The molecule has 1 aliphatic heterocycles. The summed E-state index contributed by atoms with van der Waals surface area (Å²) in [5, 5.41) is 14.8. The summed E-state index contributed by atoms with van der Waals surface area (Å²) in [6, 6.07) is 17.5. The highest BCUT2D eigenvalue weighted by Gasteiger charge is 2.28. The molecule has 0 unspecified atom stereocenters. The fraction of sp³-hybridized carbons (Fsp3) is 0.407. The van der Waals surface area contributed by atoms with Crippen LogP contribution in [0.25, 0.3) is 11.3 Å². The summed E-state index contributed by atoms with van der Waals surface area (Å²) in [5.41, 5.74) is 2.06.